The molecule has 0 radical (unpaired) electrons. The van der Waals surface area contributed by atoms with Crippen molar-refractivity contribution in [3.63, 3.8) is 0 Å². The molecule has 8 nitrogen and oxygen atoms in total. The van der Waals surface area contributed by atoms with E-state index in [1.54, 1.807) is 11.8 Å². The molecule has 2 saturated heterocycles. The van der Waals surface area contributed by atoms with Gasteiger partial charge in [0.05, 0.1) is 0 Å². The van der Waals surface area contributed by atoms with Crippen molar-refractivity contribution >= 4 is 23.8 Å². The lowest BCUT2D eigenvalue weighted by molar-refractivity contribution is -0.142. The van der Waals surface area contributed by atoms with Gasteiger partial charge in [0.1, 0.15) is 12.1 Å². The van der Waals surface area contributed by atoms with Crippen molar-refractivity contribution in [2.75, 3.05) is 32.7 Å². The van der Waals surface area contributed by atoms with Crippen molar-refractivity contribution < 1.29 is 19.2 Å². The average Bonchev–Trinajstić information content (AvgIpc) is 3.58. The lowest BCUT2D eigenvalue weighted by Gasteiger charge is -2.35. The first-order valence-corrected chi connectivity index (χ1v) is 11.3. The highest BCUT2D eigenvalue weighted by molar-refractivity contribution is 6.09. The Morgan fingerprint density at radius 3 is 2.09 bits per heavy atom. The maximum Gasteiger partial charge on any atom is 0.325 e. The minimum atomic E-state index is -1.21. The fraction of sp³-hybridized carbons (Fsp3) is 0.583. The average molecular weight is 441 g/mol. The Balaban J connectivity index is 1.39. The Hall–Kier alpha value is -2.90. The largest absolute Gasteiger partial charge is 0.339 e. The van der Waals surface area contributed by atoms with Crippen molar-refractivity contribution in [2.24, 2.45) is 5.92 Å². The van der Waals surface area contributed by atoms with Gasteiger partial charge < -0.3 is 15.1 Å². The SMILES string of the molecule is CC(C)(C)c1ccc([C@]2(C)NC(=O)N(CC(=O)N3CCN(C(=O)C4CC4)CC3)C2=O)cc1. The van der Waals surface area contributed by atoms with Gasteiger partial charge in [-0.3, -0.25) is 19.3 Å². The van der Waals surface area contributed by atoms with Crippen LogP contribution in [0.15, 0.2) is 24.3 Å². The van der Waals surface area contributed by atoms with E-state index in [9.17, 15) is 19.2 Å². The Bertz CT molecular complexity index is 940. The van der Waals surface area contributed by atoms with Crippen molar-refractivity contribution in [3.8, 4) is 0 Å². The van der Waals surface area contributed by atoms with Gasteiger partial charge in [-0.05, 0) is 36.3 Å². The monoisotopic (exact) mass is 440 g/mol. The molecule has 4 rings (SSSR count). The fourth-order valence-corrected chi connectivity index (χ4v) is 4.34. The normalized spacial score (nSPS) is 24.1. The molecule has 3 aliphatic rings. The molecule has 2 aliphatic heterocycles. The molecular weight excluding hydrogens is 408 g/mol. The van der Waals surface area contributed by atoms with E-state index >= 15 is 0 Å². The minimum absolute atomic E-state index is 0.0197. The summed E-state index contributed by atoms with van der Waals surface area (Å²) in [5, 5.41) is 2.77. The highest BCUT2D eigenvalue weighted by atomic mass is 16.2. The molecule has 0 aromatic heterocycles. The number of benzene rings is 1. The number of nitrogens with one attached hydrogen (secondary N) is 1. The summed E-state index contributed by atoms with van der Waals surface area (Å²) in [5.74, 6) is -0.362. The number of nitrogens with zero attached hydrogens (tertiary/aromatic N) is 3. The Morgan fingerprint density at radius 2 is 1.56 bits per heavy atom. The maximum atomic E-state index is 13.2. The second-order valence-corrected chi connectivity index (χ2v) is 10.3. The summed E-state index contributed by atoms with van der Waals surface area (Å²) in [5.41, 5.74) is 0.594. The zero-order valence-corrected chi connectivity index (χ0v) is 19.3. The van der Waals surface area contributed by atoms with Crippen molar-refractivity contribution in [1.29, 1.82) is 0 Å². The van der Waals surface area contributed by atoms with E-state index in [0.29, 0.717) is 31.7 Å². The van der Waals surface area contributed by atoms with Crippen LogP contribution in [0.1, 0.15) is 51.7 Å². The first-order chi connectivity index (χ1) is 15.0. The molecule has 1 aromatic carbocycles. The summed E-state index contributed by atoms with van der Waals surface area (Å²) in [4.78, 5) is 55.3. The van der Waals surface area contributed by atoms with Crippen LogP contribution in [-0.4, -0.2) is 71.2 Å². The zero-order valence-electron chi connectivity index (χ0n) is 19.3. The molecule has 0 bridgehead atoms. The van der Waals surface area contributed by atoms with Crippen LogP contribution in [0.4, 0.5) is 4.79 Å². The third kappa shape index (κ3) is 4.10. The summed E-state index contributed by atoms with van der Waals surface area (Å²) in [6.45, 7) is 9.56. The molecular formula is C24H32N4O4. The maximum absolute atomic E-state index is 13.2. The highest BCUT2D eigenvalue weighted by Crippen LogP contribution is 2.32. The van der Waals surface area contributed by atoms with Crippen LogP contribution < -0.4 is 5.32 Å². The quantitative estimate of drug-likeness (QED) is 0.724. The number of hydrogen-bond donors (Lipinski definition) is 1. The standard InChI is InChI=1S/C24H32N4O4/c1-23(2,3)17-7-9-18(10-8-17)24(4)21(31)28(22(32)25-24)15-19(29)26-11-13-27(14-12-26)20(30)16-5-6-16/h7-10,16H,5-6,11-15H2,1-4H3,(H,25,32)/t24-/m0/s1. The second kappa shape index (κ2) is 7.90. The van der Waals surface area contributed by atoms with E-state index in [0.717, 1.165) is 23.3 Å². The van der Waals surface area contributed by atoms with Gasteiger partial charge in [0.2, 0.25) is 11.8 Å². The highest BCUT2D eigenvalue weighted by Gasteiger charge is 2.50. The zero-order chi connectivity index (χ0) is 23.3. The van der Waals surface area contributed by atoms with E-state index in [-0.39, 0.29) is 29.7 Å². The van der Waals surface area contributed by atoms with Gasteiger partial charge in [0.15, 0.2) is 0 Å². The predicted octanol–water partition coefficient (Wildman–Crippen LogP) is 1.83. The molecule has 1 aromatic rings. The second-order valence-electron chi connectivity index (χ2n) is 10.3. The molecule has 1 N–H and O–H groups in total. The molecule has 8 heteroatoms. The molecule has 5 amide bonds. The first kappa shape index (κ1) is 22.3. The smallest absolute Gasteiger partial charge is 0.325 e. The van der Waals surface area contributed by atoms with Gasteiger partial charge in [-0.2, -0.15) is 0 Å². The predicted molar refractivity (Wildman–Crippen MR) is 119 cm³/mol. The van der Waals surface area contributed by atoms with Crippen LogP contribution in [0.25, 0.3) is 0 Å². The summed E-state index contributed by atoms with van der Waals surface area (Å²) in [7, 11) is 0. The third-order valence-electron chi connectivity index (χ3n) is 6.77. The van der Waals surface area contributed by atoms with Gasteiger partial charge in [0.25, 0.3) is 5.91 Å². The summed E-state index contributed by atoms with van der Waals surface area (Å²) < 4.78 is 0. The van der Waals surface area contributed by atoms with E-state index in [1.165, 1.54) is 0 Å². The van der Waals surface area contributed by atoms with Crippen LogP contribution in [0, 0.1) is 5.92 Å². The molecule has 1 atom stereocenters. The van der Waals surface area contributed by atoms with Gasteiger partial charge in [-0.15, -0.1) is 0 Å². The molecule has 0 unspecified atom stereocenters. The number of piperazine rings is 1. The molecule has 1 saturated carbocycles. The van der Waals surface area contributed by atoms with Crippen molar-refractivity contribution in [1.82, 2.24) is 20.0 Å². The van der Waals surface area contributed by atoms with Crippen molar-refractivity contribution in [2.45, 2.75) is 51.5 Å². The van der Waals surface area contributed by atoms with Gasteiger partial charge in [0, 0.05) is 32.1 Å². The van der Waals surface area contributed by atoms with E-state index in [2.05, 4.69) is 26.1 Å². The van der Waals surface area contributed by atoms with Gasteiger partial charge in [-0.25, -0.2) is 4.79 Å². The van der Waals surface area contributed by atoms with E-state index in [1.807, 2.05) is 29.2 Å². The van der Waals surface area contributed by atoms with Crippen LogP contribution in [0.2, 0.25) is 0 Å². The number of rotatable bonds is 4. The number of imide groups is 1. The number of amides is 5. The Kier molecular flexibility index (Phi) is 5.51. The fourth-order valence-electron chi connectivity index (χ4n) is 4.34. The molecule has 2 heterocycles. The van der Waals surface area contributed by atoms with E-state index in [4.69, 9.17) is 0 Å². The summed E-state index contributed by atoms with van der Waals surface area (Å²) in [6.07, 6.45) is 1.92. The number of urea groups is 1. The van der Waals surface area contributed by atoms with Crippen molar-refractivity contribution in [3.05, 3.63) is 35.4 Å². The van der Waals surface area contributed by atoms with Crippen LogP contribution in [-0.2, 0) is 25.3 Å². The van der Waals surface area contributed by atoms with E-state index < -0.39 is 17.5 Å². The third-order valence-corrected chi connectivity index (χ3v) is 6.77. The van der Waals surface area contributed by atoms with Gasteiger partial charge >= 0.3 is 6.03 Å². The number of carbonyl (C=O) groups excluding carboxylic acids is 4. The lowest BCUT2D eigenvalue weighted by atomic mass is 9.84. The topological polar surface area (TPSA) is 90.0 Å². The van der Waals surface area contributed by atoms with Crippen LogP contribution >= 0.6 is 0 Å². The number of hydrogen-bond acceptors (Lipinski definition) is 4. The van der Waals surface area contributed by atoms with Crippen LogP contribution in [0.5, 0.6) is 0 Å². The molecule has 32 heavy (non-hydrogen) atoms. The minimum Gasteiger partial charge on any atom is -0.339 e. The molecule has 172 valence electrons. The van der Waals surface area contributed by atoms with Crippen LogP contribution in [0.3, 0.4) is 0 Å². The Morgan fingerprint density at radius 1 is 1.00 bits per heavy atom. The number of carbonyl (C=O) groups is 4. The first-order valence-electron chi connectivity index (χ1n) is 11.3. The molecule has 0 spiro atoms. The summed E-state index contributed by atoms with van der Waals surface area (Å²) >= 11 is 0. The molecule has 1 aliphatic carbocycles. The summed E-state index contributed by atoms with van der Waals surface area (Å²) in [6, 6.07) is 7.10. The Labute approximate surface area is 188 Å². The molecule has 3 fully saturated rings. The lowest BCUT2D eigenvalue weighted by Crippen LogP contribution is -2.53. The van der Waals surface area contributed by atoms with Gasteiger partial charge in [-0.1, -0.05) is 45.0 Å².